The van der Waals surface area contributed by atoms with E-state index in [1.54, 1.807) is 0 Å². The van der Waals surface area contributed by atoms with E-state index in [1.165, 1.54) is 18.2 Å². The van der Waals surface area contributed by atoms with Crippen LogP contribution in [0.3, 0.4) is 0 Å². The number of carbonyl (C=O) groups is 1. The van der Waals surface area contributed by atoms with E-state index in [0.717, 1.165) is 25.9 Å². The van der Waals surface area contributed by atoms with Crippen molar-refractivity contribution in [1.82, 2.24) is 4.90 Å². The Morgan fingerprint density at radius 2 is 2.35 bits per heavy atom. The maximum atomic E-state index is 11.4. The zero-order chi connectivity index (χ0) is 12.3. The van der Waals surface area contributed by atoms with Gasteiger partial charge in [0, 0.05) is 13.1 Å². The molecule has 0 spiro atoms. The lowest BCUT2D eigenvalue weighted by Crippen LogP contribution is -2.53. The largest absolute Gasteiger partial charge is 0.468 e. The molecule has 0 bridgehead atoms. The topological polar surface area (TPSA) is 29.5 Å². The Morgan fingerprint density at radius 1 is 1.53 bits per heavy atom. The van der Waals surface area contributed by atoms with Gasteiger partial charge in [0.2, 0.25) is 0 Å². The van der Waals surface area contributed by atoms with Gasteiger partial charge in [-0.2, -0.15) is 0 Å². The Hall–Kier alpha value is -1.35. The van der Waals surface area contributed by atoms with Gasteiger partial charge in [0.15, 0.2) is 0 Å². The summed E-state index contributed by atoms with van der Waals surface area (Å²) in [5.74, 6) is -0.0968. The average molecular weight is 233 g/mol. The molecule has 1 aromatic rings. The van der Waals surface area contributed by atoms with E-state index in [0.29, 0.717) is 0 Å². The van der Waals surface area contributed by atoms with E-state index in [-0.39, 0.29) is 12.0 Å². The summed E-state index contributed by atoms with van der Waals surface area (Å²) < 4.78 is 4.77. The van der Waals surface area contributed by atoms with Gasteiger partial charge in [-0.05, 0) is 25.3 Å². The van der Waals surface area contributed by atoms with Gasteiger partial charge in [0.1, 0.15) is 6.04 Å². The van der Waals surface area contributed by atoms with Crippen molar-refractivity contribution in [2.24, 2.45) is 0 Å². The molecule has 1 aliphatic rings. The number of methoxy groups -OCH3 is 1. The summed E-state index contributed by atoms with van der Waals surface area (Å²) in [5, 5.41) is 0. The Balaban J connectivity index is 1.85. The average Bonchev–Trinajstić information content (AvgIpc) is 2.27. The van der Waals surface area contributed by atoms with Crippen molar-refractivity contribution in [2.45, 2.75) is 25.8 Å². The third-order valence-electron chi connectivity index (χ3n) is 3.37. The van der Waals surface area contributed by atoms with Gasteiger partial charge in [-0.1, -0.05) is 29.8 Å². The van der Waals surface area contributed by atoms with Crippen LogP contribution in [0.1, 0.15) is 17.5 Å². The summed E-state index contributed by atoms with van der Waals surface area (Å²) in [6.07, 6.45) is 1.93. The predicted molar refractivity (Wildman–Crippen MR) is 66.9 cm³/mol. The zero-order valence-electron chi connectivity index (χ0n) is 10.5. The van der Waals surface area contributed by atoms with Gasteiger partial charge < -0.3 is 4.74 Å². The van der Waals surface area contributed by atoms with E-state index in [1.807, 2.05) is 0 Å². The van der Waals surface area contributed by atoms with Crippen LogP contribution in [0.15, 0.2) is 24.3 Å². The van der Waals surface area contributed by atoms with Crippen molar-refractivity contribution in [3.8, 4) is 0 Å². The van der Waals surface area contributed by atoms with Gasteiger partial charge in [-0.15, -0.1) is 0 Å². The van der Waals surface area contributed by atoms with E-state index >= 15 is 0 Å². The highest BCUT2D eigenvalue weighted by molar-refractivity contribution is 5.76. The summed E-state index contributed by atoms with van der Waals surface area (Å²) in [7, 11) is 1.46. The second-order valence-corrected chi connectivity index (χ2v) is 4.60. The van der Waals surface area contributed by atoms with E-state index in [4.69, 9.17) is 4.74 Å². The van der Waals surface area contributed by atoms with Crippen LogP contribution < -0.4 is 0 Å². The minimum atomic E-state index is -0.0968. The smallest absolute Gasteiger partial charge is 0.323 e. The standard InChI is InChI=1S/C14H19NO2/c1-11-4-3-5-12(10-11)6-8-15-9-7-13(15)14(16)17-2/h3-5,10,13H,6-9H2,1-2H3. The van der Waals surface area contributed by atoms with Crippen molar-refractivity contribution in [1.29, 1.82) is 0 Å². The van der Waals surface area contributed by atoms with Gasteiger partial charge in [0.05, 0.1) is 7.11 Å². The van der Waals surface area contributed by atoms with Crippen molar-refractivity contribution in [3.63, 3.8) is 0 Å². The molecule has 3 heteroatoms. The number of carbonyl (C=O) groups excluding carboxylic acids is 1. The number of aryl methyl sites for hydroxylation is 1. The first kappa shape index (κ1) is 12.1. The Kier molecular flexibility index (Phi) is 3.79. The number of esters is 1. The van der Waals surface area contributed by atoms with Crippen LogP contribution in [0, 0.1) is 6.92 Å². The molecule has 92 valence electrons. The van der Waals surface area contributed by atoms with Crippen LogP contribution in [0.2, 0.25) is 0 Å². The molecule has 0 saturated carbocycles. The molecule has 1 aliphatic heterocycles. The number of hydrogen-bond donors (Lipinski definition) is 0. The molecule has 17 heavy (non-hydrogen) atoms. The molecule has 1 unspecified atom stereocenters. The van der Waals surface area contributed by atoms with Crippen LogP contribution >= 0.6 is 0 Å². The van der Waals surface area contributed by atoms with Crippen molar-refractivity contribution >= 4 is 5.97 Å². The fourth-order valence-electron chi connectivity index (χ4n) is 2.25. The Labute approximate surface area is 102 Å². The highest BCUT2D eigenvalue weighted by Crippen LogP contribution is 2.19. The van der Waals surface area contributed by atoms with Gasteiger partial charge in [-0.3, -0.25) is 9.69 Å². The van der Waals surface area contributed by atoms with Crippen LogP contribution in [0.5, 0.6) is 0 Å². The van der Waals surface area contributed by atoms with Gasteiger partial charge >= 0.3 is 5.97 Å². The van der Waals surface area contributed by atoms with Crippen molar-refractivity contribution < 1.29 is 9.53 Å². The molecule has 0 radical (unpaired) electrons. The highest BCUT2D eigenvalue weighted by Gasteiger charge is 2.34. The van der Waals surface area contributed by atoms with E-state index in [9.17, 15) is 4.79 Å². The maximum absolute atomic E-state index is 11.4. The molecule has 2 rings (SSSR count). The molecular formula is C14H19NO2. The van der Waals surface area contributed by atoms with E-state index < -0.39 is 0 Å². The monoisotopic (exact) mass is 233 g/mol. The second-order valence-electron chi connectivity index (χ2n) is 4.60. The minimum absolute atomic E-state index is 0.00944. The molecule has 3 nitrogen and oxygen atoms in total. The molecule has 0 aromatic heterocycles. The lowest BCUT2D eigenvalue weighted by molar-refractivity contribution is -0.151. The SMILES string of the molecule is COC(=O)C1CCN1CCc1cccc(C)c1. The molecule has 1 fully saturated rings. The summed E-state index contributed by atoms with van der Waals surface area (Å²) >= 11 is 0. The van der Waals surface area contributed by atoms with Crippen LogP contribution in [0.4, 0.5) is 0 Å². The Bertz CT molecular complexity index is 403. The predicted octanol–water partition coefficient (Wildman–Crippen LogP) is 1.78. The third-order valence-corrected chi connectivity index (χ3v) is 3.37. The lowest BCUT2D eigenvalue weighted by Gasteiger charge is -2.38. The first-order valence-corrected chi connectivity index (χ1v) is 6.08. The number of likely N-dealkylation sites (tertiary alicyclic amines) is 1. The summed E-state index contributed by atoms with van der Waals surface area (Å²) in [5.41, 5.74) is 2.62. The number of rotatable bonds is 4. The summed E-state index contributed by atoms with van der Waals surface area (Å²) in [6.45, 7) is 4.04. The Morgan fingerprint density at radius 3 is 2.94 bits per heavy atom. The molecule has 0 aliphatic carbocycles. The van der Waals surface area contributed by atoms with Gasteiger partial charge in [-0.25, -0.2) is 0 Å². The quantitative estimate of drug-likeness (QED) is 0.742. The van der Waals surface area contributed by atoms with Crippen LogP contribution in [-0.2, 0) is 16.0 Å². The molecular weight excluding hydrogens is 214 g/mol. The number of hydrogen-bond acceptors (Lipinski definition) is 3. The van der Waals surface area contributed by atoms with Crippen LogP contribution in [-0.4, -0.2) is 37.1 Å². The normalized spacial score (nSPS) is 19.8. The molecule has 0 amide bonds. The maximum Gasteiger partial charge on any atom is 0.323 e. The van der Waals surface area contributed by atoms with Crippen molar-refractivity contribution in [3.05, 3.63) is 35.4 Å². The first-order valence-electron chi connectivity index (χ1n) is 6.08. The zero-order valence-corrected chi connectivity index (χ0v) is 10.5. The molecule has 1 atom stereocenters. The summed E-state index contributed by atoms with van der Waals surface area (Å²) in [4.78, 5) is 13.6. The fourth-order valence-corrected chi connectivity index (χ4v) is 2.25. The number of benzene rings is 1. The van der Waals surface area contributed by atoms with Crippen molar-refractivity contribution in [2.75, 3.05) is 20.2 Å². The minimum Gasteiger partial charge on any atom is -0.468 e. The first-order chi connectivity index (χ1) is 8.20. The van der Waals surface area contributed by atoms with E-state index in [2.05, 4.69) is 36.1 Å². The molecule has 0 N–H and O–H groups in total. The fraction of sp³-hybridized carbons (Fsp3) is 0.500. The van der Waals surface area contributed by atoms with Crippen LogP contribution in [0.25, 0.3) is 0 Å². The molecule has 1 aromatic carbocycles. The number of nitrogens with zero attached hydrogens (tertiary/aromatic N) is 1. The second kappa shape index (κ2) is 5.32. The molecule has 1 heterocycles. The lowest BCUT2D eigenvalue weighted by atomic mass is 10.0. The summed E-state index contributed by atoms with van der Waals surface area (Å²) in [6, 6.07) is 8.51. The third kappa shape index (κ3) is 2.86. The molecule has 1 saturated heterocycles. The van der Waals surface area contributed by atoms with Gasteiger partial charge in [0.25, 0.3) is 0 Å². The highest BCUT2D eigenvalue weighted by atomic mass is 16.5. The number of ether oxygens (including phenoxy) is 1.